The molecule has 1 aliphatic rings. The molecule has 0 aliphatic heterocycles. The molecule has 31 heavy (non-hydrogen) atoms. The number of allylic oxidation sites excluding steroid dienone is 1. The maximum absolute atomic E-state index is 13.4. The van der Waals surface area contributed by atoms with E-state index in [1.54, 1.807) is 0 Å². The van der Waals surface area contributed by atoms with Crippen LogP contribution >= 0.6 is 0 Å². The molecule has 0 radical (unpaired) electrons. The van der Waals surface area contributed by atoms with Gasteiger partial charge in [-0.1, -0.05) is 113 Å². The van der Waals surface area contributed by atoms with E-state index in [2.05, 4.69) is 67.6 Å². The van der Waals surface area contributed by atoms with E-state index in [0.29, 0.717) is 5.92 Å². The Morgan fingerprint density at radius 3 is 1.87 bits per heavy atom. The highest BCUT2D eigenvalue weighted by Crippen LogP contribution is 2.35. The second-order valence-corrected chi connectivity index (χ2v) is 9.36. The molecule has 0 atom stereocenters. The maximum atomic E-state index is 13.4. The second kappa shape index (κ2) is 13.5. The summed E-state index contributed by atoms with van der Waals surface area (Å²) in [6, 6.07) is 17.8. The normalized spacial score (nSPS) is 19.2. The van der Waals surface area contributed by atoms with E-state index in [-0.39, 0.29) is 0 Å². The van der Waals surface area contributed by atoms with E-state index in [1.807, 2.05) is 0 Å². The summed E-state index contributed by atoms with van der Waals surface area (Å²) in [6.45, 7) is 2.28. The monoisotopic (exact) mass is 420 g/mol. The zero-order valence-electron chi connectivity index (χ0n) is 19.5. The minimum absolute atomic E-state index is 0.537. The number of hydrogen-bond donors (Lipinski definition) is 0. The summed E-state index contributed by atoms with van der Waals surface area (Å²) in [5.74, 6) is 0.537. The van der Waals surface area contributed by atoms with Crippen molar-refractivity contribution in [3.8, 4) is 11.1 Å². The first-order chi connectivity index (χ1) is 15.3. The first-order valence-electron chi connectivity index (χ1n) is 12.8. The van der Waals surface area contributed by atoms with Gasteiger partial charge in [0.15, 0.2) is 0 Å². The highest BCUT2D eigenvalue weighted by Gasteiger charge is 2.21. The third-order valence-electron chi connectivity index (χ3n) is 6.82. The van der Waals surface area contributed by atoms with Crippen molar-refractivity contribution < 1.29 is 4.39 Å². The standard InChI is InChI=1S/C30H41F/c1-2-3-4-5-6-7-8-9-10-11-12-25-13-15-26(16-14-25)27-17-19-28(20-18-27)29-21-23-30(31)24-22-29/h11-20,29-30H,2-10,21-24H2,1H3/b12-11+. The van der Waals surface area contributed by atoms with Crippen molar-refractivity contribution in [2.45, 2.75) is 102 Å². The van der Waals surface area contributed by atoms with E-state index in [0.717, 1.165) is 25.7 Å². The molecule has 2 aromatic carbocycles. The van der Waals surface area contributed by atoms with Crippen LogP contribution in [0.15, 0.2) is 54.6 Å². The number of hydrogen-bond acceptors (Lipinski definition) is 0. The Morgan fingerprint density at radius 2 is 1.26 bits per heavy atom. The van der Waals surface area contributed by atoms with E-state index in [1.165, 1.54) is 80.0 Å². The van der Waals surface area contributed by atoms with Crippen LogP contribution in [0.3, 0.4) is 0 Å². The van der Waals surface area contributed by atoms with Crippen molar-refractivity contribution in [3.05, 3.63) is 65.7 Å². The van der Waals surface area contributed by atoms with Crippen LogP contribution in [-0.4, -0.2) is 6.17 Å². The Bertz CT molecular complexity index is 748. The molecule has 0 nitrogen and oxygen atoms in total. The highest BCUT2D eigenvalue weighted by molar-refractivity contribution is 5.66. The Labute approximate surface area is 190 Å². The molecule has 168 valence electrons. The molecule has 0 heterocycles. The van der Waals surface area contributed by atoms with Crippen molar-refractivity contribution in [1.82, 2.24) is 0 Å². The highest BCUT2D eigenvalue weighted by atomic mass is 19.1. The predicted molar refractivity (Wildman–Crippen MR) is 134 cm³/mol. The topological polar surface area (TPSA) is 0 Å². The van der Waals surface area contributed by atoms with Crippen LogP contribution in [0.25, 0.3) is 17.2 Å². The molecule has 0 N–H and O–H groups in total. The SMILES string of the molecule is CCCCCCCCCC/C=C/c1ccc(-c2ccc(C3CCC(F)CC3)cc2)cc1. The van der Waals surface area contributed by atoms with Crippen LogP contribution in [0.4, 0.5) is 4.39 Å². The average molecular weight is 421 g/mol. The van der Waals surface area contributed by atoms with Gasteiger partial charge in [-0.2, -0.15) is 0 Å². The molecule has 0 saturated heterocycles. The van der Waals surface area contributed by atoms with Crippen LogP contribution in [0.1, 0.15) is 107 Å². The minimum atomic E-state index is -0.580. The van der Waals surface area contributed by atoms with Crippen LogP contribution < -0.4 is 0 Å². The van der Waals surface area contributed by atoms with E-state index in [9.17, 15) is 4.39 Å². The van der Waals surface area contributed by atoms with Gasteiger partial charge in [0.25, 0.3) is 0 Å². The molecule has 3 rings (SSSR count). The molecule has 0 spiro atoms. The molecule has 0 amide bonds. The smallest absolute Gasteiger partial charge is 0.100 e. The van der Waals surface area contributed by atoms with Gasteiger partial charge in [0.2, 0.25) is 0 Å². The van der Waals surface area contributed by atoms with E-state index in [4.69, 9.17) is 0 Å². The van der Waals surface area contributed by atoms with E-state index < -0.39 is 6.17 Å². The third kappa shape index (κ3) is 8.28. The summed E-state index contributed by atoms with van der Waals surface area (Å²) >= 11 is 0. The van der Waals surface area contributed by atoms with Crippen LogP contribution in [-0.2, 0) is 0 Å². The lowest BCUT2D eigenvalue weighted by Crippen LogP contribution is -2.13. The van der Waals surface area contributed by atoms with Crippen LogP contribution in [0.2, 0.25) is 0 Å². The number of rotatable bonds is 12. The zero-order chi connectivity index (χ0) is 21.7. The Balaban J connectivity index is 1.39. The van der Waals surface area contributed by atoms with Gasteiger partial charge in [0.05, 0.1) is 0 Å². The summed E-state index contributed by atoms with van der Waals surface area (Å²) in [7, 11) is 0. The fraction of sp³-hybridized carbons (Fsp3) is 0.533. The molecular formula is C30H41F. The van der Waals surface area contributed by atoms with Crippen molar-refractivity contribution >= 4 is 6.08 Å². The largest absolute Gasteiger partial charge is 0.247 e. The van der Waals surface area contributed by atoms with Gasteiger partial charge < -0.3 is 0 Å². The lowest BCUT2D eigenvalue weighted by Gasteiger charge is -2.24. The third-order valence-corrected chi connectivity index (χ3v) is 6.82. The zero-order valence-corrected chi connectivity index (χ0v) is 19.5. The fourth-order valence-corrected chi connectivity index (χ4v) is 4.74. The van der Waals surface area contributed by atoms with Crippen LogP contribution in [0, 0.1) is 0 Å². The quantitative estimate of drug-likeness (QED) is 0.300. The van der Waals surface area contributed by atoms with Gasteiger partial charge in [-0.15, -0.1) is 0 Å². The second-order valence-electron chi connectivity index (χ2n) is 9.36. The number of halogens is 1. The Hall–Kier alpha value is -1.89. The number of unbranched alkanes of at least 4 members (excludes halogenated alkanes) is 8. The average Bonchev–Trinajstić information content (AvgIpc) is 2.81. The van der Waals surface area contributed by atoms with Gasteiger partial charge in [0, 0.05) is 0 Å². The summed E-state index contributed by atoms with van der Waals surface area (Å²) in [5.41, 5.74) is 5.18. The molecule has 0 bridgehead atoms. The summed E-state index contributed by atoms with van der Waals surface area (Å²) in [5, 5.41) is 0. The Morgan fingerprint density at radius 1 is 0.710 bits per heavy atom. The molecule has 0 unspecified atom stereocenters. The van der Waals surface area contributed by atoms with Gasteiger partial charge in [-0.05, 0) is 66.7 Å². The number of benzene rings is 2. The van der Waals surface area contributed by atoms with Crippen molar-refractivity contribution in [2.75, 3.05) is 0 Å². The first kappa shape index (κ1) is 23.8. The Kier molecular flexibility index (Phi) is 10.4. The molecule has 1 heteroatoms. The molecule has 1 aliphatic carbocycles. The summed E-state index contributed by atoms with van der Waals surface area (Å²) in [6.07, 6.45) is 19.6. The van der Waals surface area contributed by atoms with Crippen LogP contribution in [0.5, 0.6) is 0 Å². The number of alkyl halides is 1. The first-order valence-corrected chi connectivity index (χ1v) is 12.8. The van der Waals surface area contributed by atoms with E-state index >= 15 is 0 Å². The lowest BCUT2D eigenvalue weighted by atomic mass is 9.83. The lowest BCUT2D eigenvalue weighted by molar-refractivity contribution is 0.235. The summed E-state index contributed by atoms with van der Waals surface area (Å²) < 4.78 is 13.4. The van der Waals surface area contributed by atoms with Gasteiger partial charge in [-0.3, -0.25) is 0 Å². The van der Waals surface area contributed by atoms with Crippen molar-refractivity contribution in [2.24, 2.45) is 0 Å². The molecule has 0 aromatic heterocycles. The molecule has 2 aromatic rings. The van der Waals surface area contributed by atoms with Gasteiger partial charge in [-0.25, -0.2) is 4.39 Å². The van der Waals surface area contributed by atoms with Gasteiger partial charge in [0.1, 0.15) is 6.17 Å². The predicted octanol–water partition coefficient (Wildman–Crippen LogP) is 9.89. The molecular weight excluding hydrogens is 379 g/mol. The minimum Gasteiger partial charge on any atom is -0.247 e. The molecule has 1 saturated carbocycles. The van der Waals surface area contributed by atoms with Crippen molar-refractivity contribution in [1.29, 1.82) is 0 Å². The van der Waals surface area contributed by atoms with Crippen molar-refractivity contribution in [3.63, 3.8) is 0 Å². The summed E-state index contributed by atoms with van der Waals surface area (Å²) in [4.78, 5) is 0. The fourth-order valence-electron chi connectivity index (χ4n) is 4.74. The molecule has 1 fully saturated rings. The van der Waals surface area contributed by atoms with Gasteiger partial charge >= 0.3 is 0 Å². The maximum Gasteiger partial charge on any atom is 0.100 e.